The van der Waals surface area contributed by atoms with Gasteiger partial charge in [0, 0.05) is 16.7 Å². The highest BCUT2D eigenvalue weighted by molar-refractivity contribution is 6.34. The van der Waals surface area contributed by atoms with Gasteiger partial charge in [0.2, 0.25) is 0 Å². The molecule has 0 heterocycles. The van der Waals surface area contributed by atoms with Crippen molar-refractivity contribution >= 4 is 23.2 Å². The molecule has 0 aliphatic heterocycles. The maximum atomic E-state index is 5.79. The number of ether oxygens (including phenoxy) is 1. The molecule has 0 spiro atoms. The lowest BCUT2D eigenvalue weighted by molar-refractivity contribution is 0.134. The van der Waals surface area contributed by atoms with Crippen LogP contribution in [0.5, 0.6) is 0 Å². The number of hydrogen-bond acceptors (Lipinski definition) is 1. The van der Waals surface area contributed by atoms with Crippen LogP contribution in [0.15, 0.2) is 18.2 Å². The molecule has 0 bridgehead atoms. The van der Waals surface area contributed by atoms with E-state index in [4.69, 9.17) is 27.9 Å². The Morgan fingerprint density at radius 2 is 1.75 bits per heavy atom. The van der Waals surface area contributed by atoms with E-state index in [1.54, 1.807) is 6.07 Å². The van der Waals surface area contributed by atoms with Gasteiger partial charge in [0.15, 0.2) is 0 Å². The molecule has 0 unspecified atom stereocenters. The zero-order chi connectivity index (χ0) is 8.97. The van der Waals surface area contributed by atoms with Crippen molar-refractivity contribution in [3.8, 4) is 0 Å². The summed E-state index contributed by atoms with van der Waals surface area (Å²) >= 11 is 11.6. The van der Waals surface area contributed by atoms with Gasteiger partial charge in [0.25, 0.3) is 0 Å². The monoisotopic (exact) mass is 204 g/mol. The molecule has 0 fully saturated rings. The van der Waals surface area contributed by atoms with E-state index in [1.165, 1.54) is 0 Å². The molecular formula is C9H10Cl2O. The minimum Gasteiger partial charge on any atom is -0.377 e. The molecule has 1 nitrogen and oxygen atoms in total. The Morgan fingerprint density at radius 1 is 1.17 bits per heavy atom. The van der Waals surface area contributed by atoms with E-state index < -0.39 is 0 Å². The fourth-order valence-electron chi connectivity index (χ4n) is 0.914. The third-order valence-corrected chi connectivity index (χ3v) is 1.83. The van der Waals surface area contributed by atoms with Crippen LogP contribution in [0, 0.1) is 0 Å². The van der Waals surface area contributed by atoms with Crippen LogP contribution in [0.2, 0.25) is 10.0 Å². The van der Waals surface area contributed by atoms with Gasteiger partial charge in [-0.15, -0.1) is 0 Å². The minimum atomic E-state index is 0.566. The van der Waals surface area contributed by atoms with Gasteiger partial charge < -0.3 is 4.74 Å². The highest BCUT2D eigenvalue weighted by Crippen LogP contribution is 2.19. The summed E-state index contributed by atoms with van der Waals surface area (Å²) in [7, 11) is 0. The molecule has 1 aromatic rings. The van der Waals surface area contributed by atoms with Gasteiger partial charge in [-0.05, 0) is 30.7 Å². The summed E-state index contributed by atoms with van der Waals surface area (Å²) in [6, 6.07) is 5.41. The predicted octanol–water partition coefficient (Wildman–Crippen LogP) is 3.53. The van der Waals surface area contributed by atoms with Gasteiger partial charge in [-0.25, -0.2) is 0 Å². The van der Waals surface area contributed by atoms with Gasteiger partial charge in [-0.3, -0.25) is 0 Å². The highest BCUT2D eigenvalue weighted by Gasteiger charge is 1.97. The molecule has 1 rings (SSSR count). The van der Waals surface area contributed by atoms with Crippen molar-refractivity contribution in [2.24, 2.45) is 0 Å². The highest BCUT2D eigenvalue weighted by atomic mass is 35.5. The Bertz CT molecular complexity index is 240. The summed E-state index contributed by atoms with van der Waals surface area (Å²) in [5.41, 5.74) is 1.01. The Hall–Kier alpha value is -0.240. The van der Waals surface area contributed by atoms with Crippen molar-refractivity contribution in [1.29, 1.82) is 0 Å². The van der Waals surface area contributed by atoms with Crippen molar-refractivity contribution in [2.75, 3.05) is 6.61 Å². The van der Waals surface area contributed by atoms with Gasteiger partial charge in [0.05, 0.1) is 6.61 Å². The van der Waals surface area contributed by atoms with Crippen LogP contribution >= 0.6 is 23.2 Å². The van der Waals surface area contributed by atoms with E-state index >= 15 is 0 Å². The van der Waals surface area contributed by atoms with Crippen LogP contribution in [0.3, 0.4) is 0 Å². The van der Waals surface area contributed by atoms with Crippen molar-refractivity contribution in [3.05, 3.63) is 33.8 Å². The summed E-state index contributed by atoms with van der Waals surface area (Å²) in [6.07, 6.45) is 0. The minimum absolute atomic E-state index is 0.566. The van der Waals surface area contributed by atoms with Crippen molar-refractivity contribution in [2.45, 2.75) is 13.5 Å². The molecule has 0 radical (unpaired) electrons. The molecule has 0 amide bonds. The predicted molar refractivity (Wildman–Crippen MR) is 51.8 cm³/mol. The maximum absolute atomic E-state index is 5.79. The van der Waals surface area contributed by atoms with Crippen molar-refractivity contribution in [1.82, 2.24) is 0 Å². The first-order chi connectivity index (χ1) is 5.72. The van der Waals surface area contributed by atoms with Crippen LogP contribution in [0.25, 0.3) is 0 Å². The Morgan fingerprint density at radius 3 is 2.25 bits per heavy atom. The molecule has 12 heavy (non-hydrogen) atoms. The average molecular weight is 205 g/mol. The Balaban J connectivity index is 2.72. The van der Waals surface area contributed by atoms with E-state index in [-0.39, 0.29) is 0 Å². The zero-order valence-electron chi connectivity index (χ0n) is 6.81. The molecule has 0 atom stereocenters. The quantitative estimate of drug-likeness (QED) is 0.733. The molecule has 0 saturated heterocycles. The van der Waals surface area contributed by atoms with E-state index in [9.17, 15) is 0 Å². The van der Waals surface area contributed by atoms with Crippen molar-refractivity contribution in [3.63, 3.8) is 0 Å². The van der Waals surface area contributed by atoms with Crippen LogP contribution in [-0.4, -0.2) is 6.61 Å². The smallest absolute Gasteiger partial charge is 0.0717 e. The zero-order valence-corrected chi connectivity index (χ0v) is 8.32. The number of hydrogen-bond donors (Lipinski definition) is 0. The summed E-state index contributed by atoms with van der Waals surface area (Å²) in [5.74, 6) is 0. The fraction of sp³-hybridized carbons (Fsp3) is 0.333. The number of rotatable bonds is 3. The lowest BCUT2D eigenvalue weighted by Crippen LogP contribution is -1.91. The summed E-state index contributed by atoms with van der Waals surface area (Å²) in [5, 5.41) is 1.30. The van der Waals surface area contributed by atoms with E-state index in [0.29, 0.717) is 23.3 Å². The standard InChI is InChI=1S/C9H10Cl2O/c1-2-12-6-7-3-8(10)5-9(11)4-7/h3-5H,2,6H2,1H3. The normalized spacial score (nSPS) is 10.2. The topological polar surface area (TPSA) is 9.23 Å². The second-order valence-corrected chi connectivity index (χ2v) is 3.29. The largest absolute Gasteiger partial charge is 0.377 e. The molecule has 0 aliphatic rings. The number of benzene rings is 1. The lowest BCUT2D eigenvalue weighted by Gasteiger charge is -2.02. The fourth-order valence-corrected chi connectivity index (χ4v) is 1.49. The van der Waals surface area contributed by atoms with E-state index in [2.05, 4.69) is 0 Å². The second kappa shape index (κ2) is 4.70. The first kappa shape index (κ1) is 9.85. The van der Waals surface area contributed by atoms with Crippen LogP contribution in [0.4, 0.5) is 0 Å². The van der Waals surface area contributed by atoms with Gasteiger partial charge >= 0.3 is 0 Å². The number of halogens is 2. The average Bonchev–Trinajstić information content (AvgIpc) is 1.99. The molecule has 3 heteroatoms. The molecule has 0 saturated carbocycles. The Labute approximate surface area is 82.2 Å². The molecule has 66 valence electrons. The molecule has 0 aliphatic carbocycles. The van der Waals surface area contributed by atoms with Gasteiger partial charge in [-0.2, -0.15) is 0 Å². The van der Waals surface area contributed by atoms with E-state index in [0.717, 1.165) is 5.56 Å². The maximum Gasteiger partial charge on any atom is 0.0717 e. The van der Waals surface area contributed by atoms with Crippen LogP contribution in [0.1, 0.15) is 12.5 Å². The van der Waals surface area contributed by atoms with Crippen LogP contribution in [-0.2, 0) is 11.3 Å². The molecule has 0 N–H and O–H groups in total. The Kier molecular flexibility index (Phi) is 3.86. The van der Waals surface area contributed by atoms with Crippen LogP contribution < -0.4 is 0 Å². The molecule has 0 aromatic heterocycles. The lowest BCUT2D eigenvalue weighted by atomic mass is 10.2. The first-order valence-electron chi connectivity index (χ1n) is 3.75. The molecular weight excluding hydrogens is 195 g/mol. The van der Waals surface area contributed by atoms with Crippen molar-refractivity contribution < 1.29 is 4.74 Å². The SMILES string of the molecule is CCOCc1cc(Cl)cc(Cl)c1. The third kappa shape index (κ3) is 3.02. The van der Waals surface area contributed by atoms with Gasteiger partial charge in [0.1, 0.15) is 0 Å². The van der Waals surface area contributed by atoms with E-state index in [1.807, 2.05) is 19.1 Å². The summed E-state index contributed by atoms with van der Waals surface area (Å²) < 4.78 is 5.21. The summed E-state index contributed by atoms with van der Waals surface area (Å²) in [6.45, 7) is 3.22. The third-order valence-electron chi connectivity index (χ3n) is 1.40. The summed E-state index contributed by atoms with van der Waals surface area (Å²) in [4.78, 5) is 0. The van der Waals surface area contributed by atoms with Gasteiger partial charge in [-0.1, -0.05) is 23.2 Å². The second-order valence-electron chi connectivity index (χ2n) is 2.41. The molecule has 1 aromatic carbocycles. The first-order valence-corrected chi connectivity index (χ1v) is 4.50.